The number of aromatic hydroxyl groups is 1. The Kier molecular flexibility index (Phi) is 5.81. The van der Waals surface area contributed by atoms with E-state index in [0.29, 0.717) is 39.1 Å². The van der Waals surface area contributed by atoms with E-state index < -0.39 is 11.6 Å². The Morgan fingerprint density at radius 1 is 1.14 bits per heavy atom. The maximum absolute atomic E-state index is 14.1. The van der Waals surface area contributed by atoms with Crippen LogP contribution in [-0.4, -0.2) is 81.7 Å². The monoisotopic (exact) mass is 552 g/mol. The Morgan fingerprint density at radius 2 is 1.94 bits per heavy atom. The highest BCUT2D eigenvalue weighted by molar-refractivity contribution is 9.10. The van der Waals surface area contributed by atoms with Gasteiger partial charge in [0.25, 0.3) is 5.91 Å². The zero-order valence-corrected chi connectivity index (χ0v) is 21.8. The fourth-order valence-corrected chi connectivity index (χ4v) is 6.44. The summed E-state index contributed by atoms with van der Waals surface area (Å²) in [7, 11) is 0. The van der Waals surface area contributed by atoms with Crippen LogP contribution in [0.2, 0.25) is 0 Å². The number of fused-ring (bicyclic) bond motifs is 4. The Morgan fingerprint density at radius 3 is 2.69 bits per heavy atom. The molecule has 3 aliphatic heterocycles. The van der Waals surface area contributed by atoms with Crippen LogP contribution in [0.1, 0.15) is 36.2 Å². The summed E-state index contributed by atoms with van der Waals surface area (Å²) < 4.78 is 6.40. The number of phenolic OH excluding ortho intramolecular Hbond substituents is 1. The zero-order chi connectivity index (χ0) is 25.0. The molecule has 2 fully saturated rings. The summed E-state index contributed by atoms with van der Waals surface area (Å²) in [5.74, 6) is -0.00821. The first-order valence-electron chi connectivity index (χ1n) is 12.5. The lowest BCUT2D eigenvalue weighted by Crippen LogP contribution is -2.55. The van der Waals surface area contributed by atoms with Gasteiger partial charge in [-0.15, -0.1) is 0 Å². The number of hydrogen-bond donors (Lipinski definition) is 2. The Hall–Kier alpha value is -2.88. The molecule has 3 aliphatic rings. The summed E-state index contributed by atoms with van der Waals surface area (Å²) >= 11 is 3.59. The lowest BCUT2D eigenvalue weighted by Gasteiger charge is -2.44. The third-order valence-corrected chi connectivity index (χ3v) is 8.45. The summed E-state index contributed by atoms with van der Waals surface area (Å²) in [6.07, 6.45) is 0.949. The molecule has 36 heavy (non-hydrogen) atoms. The van der Waals surface area contributed by atoms with Crippen molar-refractivity contribution in [1.29, 1.82) is 0 Å². The van der Waals surface area contributed by atoms with Gasteiger partial charge in [-0.05, 0) is 47.9 Å². The Balaban J connectivity index is 1.47. The fourth-order valence-electron chi connectivity index (χ4n) is 6.08. The second-order valence-corrected chi connectivity index (χ2v) is 10.7. The number of carbonyl (C=O) groups excluding carboxylic acids is 2. The summed E-state index contributed by atoms with van der Waals surface area (Å²) in [6, 6.07) is 12.3. The number of hydrogen-bond acceptors (Lipinski definition) is 5. The number of aromatic nitrogens is 1. The number of nitrogens with one attached hydrogen (secondary N) is 1. The van der Waals surface area contributed by atoms with Crippen LogP contribution in [0.4, 0.5) is 4.79 Å². The molecule has 2 unspecified atom stereocenters. The molecular formula is C27H29BrN4O4. The van der Waals surface area contributed by atoms with Crippen LogP contribution in [0, 0.1) is 0 Å². The van der Waals surface area contributed by atoms with Crippen LogP contribution in [0.3, 0.4) is 0 Å². The van der Waals surface area contributed by atoms with E-state index in [9.17, 15) is 14.7 Å². The smallest absolute Gasteiger partial charge is 0.328 e. The highest BCUT2D eigenvalue weighted by atomic mass is 79.9. The average Bonchev–Trinajstić information content (AvgIpc) is 3.34. The molecule has 8 nitrogen and oxygen atoms in total. The molecule has 3 amide bonds. The molecule has 3 aromatic rings. The van der Waals surface area contributed by atoms with Gasteiger partial charge in [0, 0.05) is 53.7 Å². The molecule has 0 saturated carbocycles. The van der Waals surface area contributed by atoms with E-state index in [1.165, 1.54) is 4.90 Å². The fraction of sp³-hybridized carbons (Fsp3) is 0.407. The number of morpholine rings is 1. The zero-order valence-electron chi connectivity index (χ0n) is 20.2. The first kappa shape index (κ1) is 23.5. The van der Waals surface area contributed by atoms with Gasteiger partial charge in [0.15, 0.2) is 0 Å². The maximum Gasteiger partial charge on any atom is 0.328 e. The number of ether oxygens (including phenoxy) is 1. The first-order chi connectivity index (χ1) is 17.4. The van der Waals surface area contributed by atoms with Crippen molar-refractivity contribution in [2.24, 2.45) is 0 Å². The molecule has 9 heteroatoms. The van der Waals surface area contributed by atoms with Gasteiger partial charge in [-0.2, -0.15) is 0 Å². The summed E-state index contributed by atoms with van der Waals surface area (Å²) in [5.41, 5.74) is 2.70. The van der Waals surface area contributed by atoms with Crippen LogP contribution in [0.25, 0.3) is 10.9 Å². The number of aromatic amines is 1. The minimum Gasteiger partial charge on any atom is -0.508 e. The molecule has 0 spiro atoms. The molecule has 2 atom stereocenters. The molecular weight excluding hydrogens is 524 g/mol. The number of rotatable bonds is 5. The molecule has 4 heterocycles. The van der Waals surface area contributed by atoms with Crippen molar-refractivity contribution < 1.29 is 19.4 Å². The van der Waals surface area contributed by atoms with E-state index in [-0.39, 0.29) is 17.7 Å². The van der Waals surface area contributed by atoms with Crippen LogP contribution in [0.5, 0.6) is 5.75 Å². The largest absolute Gasteiger partial charge is 0.508 e. The van der Waals surface area contributed by atoms with Crippen LogP contribution in [-0.2, 0) is 16.0 Å². The number of H-pyrrole nitrogens is 1. The lowest BCUT2D eigenvalue weighted by molar-refractivity contribution is -0.134. The van der Waals surface area contributed by atoms with Crippen molar-refractivity contribution >= 4 is 38.8 Å². The quantitative estimate of drug-likeness (QED) is 0.466. The van der Waals surface area contributed by atoms with Gasteiger partial charge >= 0.3 is 6.03 Å². The van der Waals surface area contributed by atoms with Gasteiger partial charge in [0.1, 0.15) is 17.3 Å². The summed E-state index contributed by atoms with van der Waals surface area (Å²) in [5, 5.41) is 11.4. The van der Waals surface area contributed by atoms with E-state index in [0.717, 1.165) is 45.3 Å². The van der Waals surface area contributed by atoms with Crippen molar-refractivity contribution in [3.8, 4) is 5.75 Å². The van der Waals surface area contributed by atoms with E-state index >= 15 is 0 Å². The normalized spacial score (nSPS) is 24.4. The lowest BCUT2D eigenvalue weighted by atomic mass is 9.78. The highest BCUT2D eigenvalue weighted by Crippen LogP contribution is 2.50. The maximum atomic E-state index is 14.1. The Bertz CT molecular complexity index is 1350. The van der Waals surface area contributed by atoms with Gasteiger partial charge in [-0.1, -0.05) is 35.0 Å². The van der Waals surface area contributed by atoms with Gasteiger partial charge in [-0.3, -0.25) is 19.5 Å². The van der Waals surface area contributed by atoms with E-state index in [2.05, 4.69) is 31.9 Å². The molecule has 2 aromatic carbocycles. The standard InChI is InChI=1S/C27H29BrN4O4/c1-2-27-16-21-20-15-18(28)6-7-22(20)29-23(21)24(17-4-3-5-19(33)14-17)32(27)26(35)31(25(27)34)9-8-30-10-12-36-13-11-30/h3-7,14-15,24,29,33H,2,8-13,16H2,1H3. The van der Waals surface area contributed by atoms with Gasteiger partial charge in [-0.25, -0.2) is 4.79 Å². The number of halogens is 1. The number of imide groups is 1. The van der Waals surface area contributed by atoms with E-state index in [1.807, 2.05) is 25.1 Å². The van der Waals surface area contributed by atoms with Gasteiger partial charge < -0.3 is 14.8 Å². The third-order valence-electron chi connectivity index (χ3n) is 7.96. The van der Waals surface area contributed by atoms with Crippen LogP contribution < -0.4 is 0 Å². The number of benzene rings is 2. The number of amides is 3. The minimum absolute atomic E-state index is 0.128. The minimum atomic E-state index is -0.983. The first-order valence-corrected chi connectivity index (χ1v) is 13.3. The molecule has 2 saturated heterocycles. The SMILES string of the molecule is CCC12Cc3c([nH]c4ccc(Br)cc34)C(c3cccc(O)c3)N1C(=O)N(CCN1CCOCC1)C2=O. The summed E-state index contributed by atoms with van der Waals surface area (Å²) in [4.78, 5) is 37.1. The van der Waals surface area contributed by atoms with Crippen molar-refractivity contribution in [2.45, 2.75) is 31.3 Å². The molecule has 0 bridgehead atoms. The predicted molar refractivity (Wildman–Crippen MR) is 139 cm³/mol. The summed E-state index contributed by atoms with van der Waals surface area (Å²) in [6.45, 7) is 5.91. The van der Waals surface area contributed by atoms with E-state index in [1.54, 1.807) is 23.1 Å². The van der Waals surface area contributed by atoms with Gasteiger partial charge in [0.05, 0.1) is 13.2 Å². The average molecular weight is 553 g/mol. The van der Waals surface area contributed by atoms with Crippen molar-refractivity contribution in [2.75, 3.05) is 39.4 Å². The predicted octanol–water partition coefficient (Wildman–Crippen LogP) is 4.03. The Labute approximate surface area is 217 Å². The van der Waals surface area contributed by atoms with E-state index in [4.69, 9.17) is 4.74 Å². The number of urea groups is 1. The highest BCUT2D eigenvalue weighted by Gasteiger charge is 2.61. The second-order valence-electron chi connectivity index (χ2n) is 9.83. The molecule has 188 valence electrons. The van der Waals surface area contributed by atoms with Crippen LogP contribution in [0.15, 0.2) is 46.9 Å². The molecule has 6 rings (SSSR count). The van der Waals surface area contributed by atoms with Crippen molar-refractivity contribution in [3.63, 3.8) is 0 Å². The van der Waals surface area contributed by atoms with Gasteiger partial charge in [0.2, 0.25) is 0 Å². The number of phenols is 1. The van der Waals surface area contributed by atoms with Crippen LogP contribution >= 0.6 is 15.9 Å². The topological polar surface area (TPSA) is 89.1 Å². The van der Waals surface area contributed by atoms with Crippen molar-refractivity contribution in [1.82, 2.24) is 19.7 Å². The molecule has 1 aromatic heterocycles. The van der Waals surface area contributed by atoms with Crippen molar-refractivity contribution in [3.05, 3.63) is 63.8 Å². The molecule has 0 radical (unpaired) electrons. The molecule has 2 N–H and O–H groups in total. The second kappa shape index (κ2) is 8.90. The number of nitrogens with zero attached hydrogens (tertiary/aromatic N) is 3. The number of carbonyl (C=O) groups is 2. The molecule has 0 aliphatic carbocycles. The third kappa shape index (κ3) is 3.55.